The third kappa shape index (κ3) is 2.69. The summed E-state index contributed by atoms with van der Waals surface area (Å²) >= 11 is 0. The minimum absolute atomic E-state index is 0.116. The molecule has 0 radical (unpaired) electrons. The lowest BCUT2D eigenvalue weighted by Crippen LogP contribution is -2.50. The number of aliphatic hydroxyl groups excluding tert-OH is 1. The topological polar surface area (TPSA) is 79.7 Å². The van der Waals surface area contributed by atoms with Gasteiger partial charge in [0.15, 0.2) is 0 Å². The highest BCUT2D eigenvalue weighted by atomic mass is 32.2. The number of pyridine rings is 1. The SMILES string of the molecule is COc1ccccc1S(=O)(=O)c1cnc2c(N3CC(O)C3)cccc2c1. The largest absolute Gasteiger partial charge is 0.495 e. The number of hydrogen-bond acceptors (Lipinski definition) is 6. The number of benzene rings is 2. The van der Waals surface area contributed by atoms with Crippen molar-refractivity contribution >= 4 is 26.4 Å². The Balaban J connectivity index is 1.81. The molecule has 7 heteroatoms. The van der Waals surface area contributed by atoms with Gasteiger partial charge in [-0.1, -0.05) is 24.3 Å². The van der Waals surface area contributed by atoms with Gasteiger partial charge in [0.2, 0.25) is 9.84 Å². The van der Waals surface area contributed by atoms with Crippen molar-refractivity contribution in [3.8, 4) is 5.75 Å². The molecule has 1 aromatic heterocycles. The van der Waals surface area contributed by atoms with Gasteiger partial charge in [0.05, 0.1) is 29.3 Å². The predicted molar refractivity (Wildman–Crippen MR) is 98.4 cm³/mol. The van der Waals surface area contributed by atoms with E-state index in [4.69, 9.17) is 4.74 Å². The van der Waals surface area contributed by atoms with Crippen molar-refractivity contribution in [1.29, 1.82) is 0 Å². The van der Waals surface area contributed by atoms with E-state index in [9.17, 15) is 13.5 Å². The number of methoxy groups -OCH3 is 1. The summed E-state index contributed by atoms with van der Waals surface area (Å²) in [4.78, 5) is 6.67. The fraction of sp³-hybridized carbons (Fsp3) is 0.211. The first-order valence-electron chi connectivity index (χ1n) is 8.20. The Morgan fingerprint density at radius 1 is 1.15 bits per heavy atom. The van der Waals surface area contributed by atoms with Crippen LogP contribution in [0.1, 0.15) is 0 Å². The minimum Gasteiger partial charge on any atom is -0.495 e. The molecule has 0 aliphatic carbocycles. The second kappa shape index (κ2) is 6.26. The Kier molecular flexibility index (Phi) is 4.05. The maximum absolute atomic E-state index is 13.0. The van der Waals surface area contributed by atoms with E-state index in [1.54, 1.807) is 24.3 Å². The van der Waals surface area contributed by atoms with E-state index in [1.165, 1.54) is 19.4 Å². The summed E-state index contributed by atoms with van der Waals surface area (Å²) in [6.07, 6.45) is 1.06. The first-order chi connectivity index (χ1) is 12.5. The van der Waals surface area contributed by atoms with Gasteiger partial charge in [-0.2, -0.15) is 0 Å². The molecule has 134 valence electrons. The Morgan fingerprint density at radius 3 is 2.65 bits per heavy atom. The Morgan fingerprint density at radius 2 is 1.92 bits per heavy atom. The zero-order valence-corrected chi connectivity index (χ0v) is 15.0. The number of sulfone groups is 1. The molecule has 0 spiro atoms. The standard InChI is InChI=1S/C19H18N2O4S/c1-25-17-7-2-3-8-18(17)26(23,24)15-9-13-5-4-6-16(19(13)20-10-15)21-11-14(22)12-21/h2-10,14,22H,11-12H2,1H3. The van der Waals surface area contributed by atoms with Gasteiger partial charge in [-0.05, 0) is 24.3 Å². The molecule has 1 N–H and O–H groups in total. The highest BCUT2D eigenvalue weighted by Crippen LogP contribution is 2.33. The van der Waals surface area contributed by atoms with Gasteiger partial charge in [0.25, 0.3) is 0 Å². The van der Waals surface area contributed by atoms with E-state index in [1.807, 2.05) is 23.1 Å². The summed E-state index contributed by atoms with van der Waals surface area (Å²) in [5.41, 5.74) is 1.62. The van der Waals surface area contributed by atoms with Crippen LogP contribution in [-0.4, -0.2) is 44.8 Å². The highest BCUT2D eigenvalue weighted by molar-refractivity contribution is 7.91. The van der Waals surface area contributed by atoms with Crippen LogP contribution in [0.4, 0.5) is 5.69 Å². The summed E-state index contributed by atoms with van der Waals surface area (Å²) in [5.74, 6) is 0.302. The van der Waals surface area contributed by atoms with Crippen molar-refractivity contribution in [2.24, 2.45) is 0 Å². The van der Waals surface area contributed by atoms with E-state index >= 15 is 0 Å². The number of hydrogen-bond donors (Lipinski definition) is 1. The molecule has 1 fully saturated rings. The van der Waals surface area contributed by atoms with Crippen LogP contribution in [0.5, 0.6) is 5.75 Å². The summed E-state index contributed by atoms with van der Waals surface area (Å²) < 4.78 is 31.2. The highest BCUT2D eigenvalue weighted by Gasteiger charge is 2.27. The van der Waals surface area contributed by atoms with Crippen molar-refractivity contribution in [2.75, 3.05) is 25.1 Å². The molecule has 4 rings (SSSR count). The van der Waals surface area contributed by atoms with Gasteiger partial charge in [-0.25, -0.2) is 8.42 Å². The van der Waals surface area contributed by atoms with Gasteiger partial charge >= 0.3 is 0 Å². The average Bonchev–Trinajstić information content (AvgIpc) is 2.64. The van der Waals surface area contributed by atoms with Crippen LogP contribution in [0, 0.1) is 0 Å². The van der Waals surface area contributed by atoms with Crippen molar-refractivity contribution < 1.29 is 18.3 Å². The number of ether oxygens (including phenoxy) is 1. The lowest BCUT2D eigenvalue weighted by Gasteiger charge is -2.38. The first-order valence-corrected chi connectivity index (χ1v) is 9.69. The molecule has 0 unspecified atom stereocenters. The molecule has 1 aliphatic heterocycles. The third-order valence-corrected chi connectivity index (χ3v) is 6.30. The molecule has 1 aliphatic rings. The molecule has 0 bridgehead atoms. The number of β-amino-alcohol motifs (C(OH)–C–C–N with tert-alkyl or cyclic N) is 1. The zero-order chi connectivity index (χ0) is 18.3. The normalized spacial score (nSPS) is 15.1. The van der Waals surface area contributed by atoms with E-state index in [0.29, 0.717) is 18.8 Å². The minimum atomic E-state index is -3.75. The maximum atomic E-state index is 13.0. The predicted octanol–water partition coefficient (Wildman–Crippen LogP) is 2.26. The summed E-state index contributed by atoms with van der Waals surface area (Å²) in [6.45, 7) is 1.12. The summed E-state index contributed by atoms with van der Waals surface area (Å²) in [7, 11) is -2.30. The molecule has 2 aromatic carbocycles. The third-order valence-electron chi connectivity index (χ3n) is 4.54. The van der Waals surface area contributed by atoms with Gasteiger partial charge in [0.1, 0.15) is 10.6 Å². The van der Waals surface area contributed by atoms with Gasteiger partial charge in [0, 0.05) is 24.7 Å². The molecule has 3 aromatic rings. The second-order valence-corrected chi connectivity index (χ2v) is 8.15. The first kappa shape index (κ1) is 16.8. The van der Waals surface area contributed by atoms with E-state index in [0.717, 1.165) is 16.6 Å². The molecule has 2 heterocycles. The molecule has 6 nitrogen and oxygen atoms in total. The second-order valence-electron chi connectivity index (χ2n) is 6.23. The van der Waals surface area contributed by atoms with Gasteiger partial charge in [-0.15, -0.1) is 0 Å². The van der Waals surface area contributed by atoms with Crippen molar-refractivity contribution in [3.63, 3.8) is 0 Å². The number of para-hydroxylation sites is 2. The summed E-state index contributed by atoms with van der Waals surface area (Å²) in [6, 6.07) is 13.8. The van der Waals surface area contributed by atoms with Crippen LogP contribution in [0.3, 0.4) is 0 Å². The maximum Gasteiger partial charge on any atom is 0.211 e. The van der Waals surface area contributed by atoms with Crippen molar-refractivity contribution in [3.05, 3.63) is 54.7 Å². The fourth-order valence-corrected chi connectivity index (χ4v) is 4.55. The number of anilines is 1. The van der Waals surface area contributed by atoms with Gasteiger partial charge in [-0.3, -0.25) is 4.98 Å². The number of rotatable bonds is 4. The monoisotopic (exact) mass is 370 g/mol. The fourth-order valence-electron chi connectivity index (χ4n) is 3.15. The van der Waals surface area contributed by atoms with E-state index in [2.05, 4.69) is 4.98 Å². The Bertz CT molecular complexity index is 1080. The molecule has 26 heavy (non-hydrogen) atoms. The zero-order valence-electron chi connectivity index (χ0n) is 14.2. The molecule has 0 amide bonds. The molecule has 1 saturated heterocycles. The molecular weight excluding hydrogens is 352 g/mol. The molecular formula is C19H18N2O4S. The van der Waals surface area contributed by atoms with Crippen LogP contribution in [0.25, 0.3) is 10.9 Å². The lowest BCUT2D eigenvalue weighted by molar-refractivity contribution is 0.142. The molecule has 0 saturated carbocycles. The number of nitrogens with zero attached hydrogens (tertiary/aromatic N) is 2. The summed E-state index contributed by atoms with van der Waals surface area (Å²) in [5, 5.41) is 10.3. The van der Waals surface area contributed by atoms with Crippen LogP contribution in [0.2, 0.25) is 0 Å². The smallest absolute Gasteiger partial charge is 0.211 e. The van der Waals surface area contributed by atoms with Crippen LogP contribution < -0.4 is 9.64 Å². The van der Waals surface area contributed by atoms with Crippen molar-refractivity contribution in [1.82, 2.24) is 4.98 Å². The lowest BCUT2D eigenvalue weighted by atomic mass is 10.1. The van der Waals surface area contributed by atoms with Crippen molar-refractivity contribution in [2.45, 2.75) is 15.9 Å². The Hall–Kier alpha value is -2.64. The number of fused-ring (bicyclic) bond motifs is 1. The average molecular weight is 370 g/mol. The van der Waals surface area contributed by atoms with Crippen LogP contribution in [0.15, 0.2) is 64.5 Å². The van der Waals surface area contributed by atoms with Crippen LogP contribution >= 0.6 is 0 Å². The Labute approximate surface area is 151 Å². The molecule has 0 atom stereocenters. The van der Waals surface area contributed by atoms with Crippen LogP contribution in [-0.2, 0) is 9.84 Å². The van der Waals surface area contributed by atoms with E-state index < -0.39 is 9.84 Å². The van der Waals surface area contributed by atoms with E-state index in [-0.39, 0.29) is 15.9 Å². The quantitative estimate of drug-likeness (QED) is 0.759. The number of aliphatic hydroxyl groups is 1. The number of aromatic nitrogens is 1. The van der Waals surface area contributed by atoms with Gasteiger partial charge < -0.3 is 14.7 Å².